The van der Waals surface area contributed by atoms with E-state index in [-0.39, 0.29) is 0 Å². The zero-order valence-electron chi connectivity index (χ0n) is 12.0. The molecule has 0 bridgehead atoms. The lowest BCUT2D eigenvalue weighted by molar-refractivity contribution is -0.355. The number of hydrogen-bond donors (Lipinski definition) is 8. The van der Waals surface area contributed by atoms with Crippen LogP contribution in [0.3, 0.4) is 0 Å². The second kappa shape index (κ2) is 7.63. The average Bonchev–Trinajstić information content (AvgIpc) is 2.55. The summed E-state index contributed by atoms with van der Waals surface area (Å²) in [7, 11) is 0. The van der Waals surface area contributed by atoms with Gasteiger partial charge in [0, 0.05) is 0 Å². The van der Waals surface area contributed by atoms with Crippen LogP contribution in [-0.4, -0.2) is 115 Å². The van der Waals surface area contributed by atoms with Gasteiger partial charge in [-0.25, -0.2) is 0 Å². The van der Waals surface area contributed by atoms with E-state index in [1.165, 1.54) is 0 Å². The predicted molar refractivity (Wildman–Crippen MR) is 68.6 cm³/mol. The standard InChI is InChI=1S/C12H22O11/c13-1-3-5(15)6(16)9(19)12(22-3)23-10-4(2-14)21-11(20)8(18)7(10)17/h3-20H,1-2H2/t3?,4?,5-,6?,7+,8?,9-,10+,11?,12+/m0/s1. The van der Waals surface area contributed by atoms with Crippen molar-refractivity contribution in [2.75, 3.05) is 13.2 Å². The van der Waals surface area contributed by atoms with Gasteiger partial charge in [0.2, 0.25) is 0 Å². The molecule has 0 aromatic rings. The van der Waals surface area contributed by atoms with Crippen LogP contribution in [0.15, 0.2) is 0 Å². The molecule has 0 aromatic carbocycles. The van der Waals surface area contributed by atoms with Crippen LogP contribution in [0.25, 0.3) is 0 Å². The fourth-order valence-electron chi connectivity index (χ4n) is 2.57. The Bertz CT molecular complexity index is 378. The van der Waals surface area contributed by atoms with Crippen molar-refractivity contribution in [3.63, 3.8) is 0 Å². The average molecular weight is 342 g/mol. The highest BCUT2D eigenvalue weighted by Gasteiger charge is 2.50. The molecule has 2 heterocycles. The second-order valence-electron chi connectivity index (χ2n) is 5.53. The van der Waals surface area contributed by atoms with Gasteiger partial charge >= 0.3 is 0 Å². The quantitative estimate of drug-likeness (QED) is 0.243. The third-order valence-corrected chi connectivity index (χ3v) is 3.98. The minimum absolute atomic E-state index is 0.667. The minimum Gasteiger partial charge on any atom is -0.394 e. The van der Waals surface area contributed by atoms with Gasteiger partial charge in [0.1, 0.15) is 48.8 Å². The largest absolute Gasteiger partial charge is 0.394 e. The maximum absolute atomic E-state index is 9.94. The summed E-state index contributed by atoms with van der Waals surface area (Å²) in [4.78, 5) is 0. The molecular formula is C12H22O11. The molecule has 5 unspecified atom stereocenters. The number of hydrogen-bond acceptors (Lipinski definition) is 11. The van der Waals surface area contributed by atoms with E-state index >= 15 is 0 Å². The van der Waals surface area contributed by atoms with E-state index in [0.29, 0.717) is 0 Å². The Labute approximate surface area is 130 Å². The SMILES string of the molecule is OCC1O[C@H](O[C@@H]2C(CO)OC(O)C(O)[C@H]2O)[C@@H](O)C(O)[C@H]1O. The van der Waals surface area contributed by atoms with E-state index < -0.39 is 74.6 Å². The van der Waals surface area contributed by atoms with Gasteiger partial charge in [-0.05, 0) is 0 Å². The second-order valence-corrected chi connectivity index (χ2v) is 5.53. The first-order valence-corrected chi connectivity index (χ1v) is 7.08. The summed E-state index contributed by atoms with van der Waals surface area (Å²) in [5.74, 6) is 0. The number of aliphatic hydroxyl groups excluding tert-OH is 8. The lowest BCUT2D eigenvalue weighted by Gasteiger charge is -2.45. The zero-order chi connectivity index (χ0) is 17.3. The summed E-state index contributed by atoms with van der Waals surface area (Å²) in [6.07, 6.45) is -15.6. The van der Waals surface area contributed by atoms with Crippen LogP contribution in [0.2, 0.25) is 0 Å². The van der Waals surface area contributed by atoms with E-state index in [4.69, 9.17) is 19.3 Å². The molecule has 2 aliphatic rings. The van der Waals surface area contributed by atoms with Crippen LogP contribution < -0.4 is 0 Å². The minimum atomic E-state index is -1.74. The first-order valence-electron chi connectivity index (χ1n) is 7.08. The number of ether oxygens (including phenoxy) is 3. The summed E-state index contributed by atoms with van der Waals surface area (Å²) in [5.41, 5.74) is 0. The van der Waals surface area contributed by atoms with E-state index in [1.807, 2.05) is 0 Å². The van der Waals surface area contributed by atoms with Crippen molar-refractivity contribution < 1.29 is 55.1 Å². The van der Waals surface area contributed by atoms with Crippen molar-refractivity contribution in [3.8, 4) is 0 Å². The molecule has 2 rings (SSSR count). The van der Waals surface area contributed by atoms with Gasteiger partial charge in [-0.2, -0.15) is 0 Å². The summed E-state index contributed by atoms with van der Waals surface area (Å²) in [6.45, 7) is -1.35. The molecule has 11 heteroatoms. The van der Waals surface area contributed by atoms with Crippen LogP contribution in [0.5, 0.6) is 0 Å². The fraction of sp³-hybridized carbons (Fsp3) is 1.00. The Kier molecular flexibility index (Phi) is 6.27. The van der Waals surface area contributed by atoms with E-state index in [1.54, 1.807) is 0 Å². The summed E-state index contributed by atoms with van der Waals surface area (Å²) >= 11 is 0. The highest BCUT2D eigenvalue weighted by atomic mass is 16.7. The number of aliphatic hydroxyl groups is 8. The summed E-state index contributed by atoms with van der Waals surface area (Å²) < 4.78 is 15.3. The van der Waals surface area contributed by atoms with Gasteiger partial charge in [0.15, 0.2) is 12.6 Å². The molecular weight excluding hydrogens is 320 g/mol. The molecule has 0 aromatic heterocycles. The van der Waals surface area contributed by atoms with Gasteiger partial charge in [0.25, 0.3) is 0 Å². The van der Waals surface area contributed by atoms with Crippen LogP contribution in [-0.2, 0) is 14.2 Å². The van der Waals surface area contributed by atoms with Gasteiger partial charge in [-0.3, -0.25) is 0 Å². The molecule has 0 radical (unpaired) electrons. The van der Waals surface area contributed by atoms with Crippen LogP contribution in [0.4, 0.5) is 0 Å². The van der Waals surface area contributed by atoms with Crippen molar-refractivity contribution in [2.24, 2.45) is 0 Å². The Morgan fingerprint density at radius 3 is 1.83 bits per heavy atom. The van der Waals surface area contributed by atoms with Crippen LogP contribution >= 0.6 is 0 Å². The molecule has 0 saturated carbocycles. The number of rotatable bonds is 4. The highest BCUT2D eigenvalue weighted by molar-refractivity contribution is 4.93. The molecule has 2 aliphatic heterocycles. The van der Waals surface area contributed by atoms with E-state index in [9.17, 15) is 35.7 Å². The molecule has 2 fully saturated rings. The third-order valence-electron chi connectivity index (χ3n) is 3.98. The molecule has 23 heavy (non-hydrogen) atoms. The molecule has 0 amide bonds. The first-order chi connectivity index (χ1) is 10.8. The smallest absolute Gasteiger partial charge is 0.187 e. The molecule has 2 saturated heterocycles. The highest BCUT2D eigenvalue weighted by Crippen LogP contribution is 2.28. The van der Waals surface area contributed by atoms with Crippen molar-refractivity contribution in [1.29, 1.82) is 0 Å². The maximum atomic E-state index is 9.94. The molecule has 0 aliphatic carbocycles. The molecule has 136 valence electrons. The molecule has 10 atom stereocenters. The van der Waals surface area contributed by atoms with Gasteiger partial charge in [-0.15, -0.1) is 0 Å². The zero-order valence-corrected chi connectivity index (χ0v) is 12.0. The molecule has 11 nitrogen and oxygen atoms in total. The first kappa shape index (κ1) is 18.9. The monoisotopic (exact) mass is 342 g/mol. The Balaban J connectivity index is 2.11. The normalized spacial score (nSPS) is 51.7. The maximum Gasteiger partial charge on any atom is 0.187 e. The summed E-state index contributed by atoms with van der Waals surface area (Å²) in [6, 6.07) is 0. The van der Waals surface area contributed by atoms with Crippen LogP contribution in [0.1, 0.15) is 0 Å². The lowest BCUT2D eigenvalue weighted by Crippen LogP contribution is -2.64. The topological polar surface area (TPSA) is 190 Å². The Morgan fingerprint density at radius 1 is 0.652 bits per heavy atom. The Hall–Kier alpha value is -0.440. The van der Waals surface area contributed by atoms with Gasteiger partial charge < -0.3 is 55.1 Å². The van der Waals surface area contributed by atoms with E-state index in [2.05, 4.69) is 0 Å². The van der Waals surface area contributed by atoms with Crippen molar-refractivity contribution >= 4 is 0 Å². The van der Waals surface area contributed by atoms with Gasteiger partial charge in [0.05, 0.1) is 13.2 Å². The van der Waals surface area contributed by atoms with Crippen LogP contribution in [0, 0.1) is 0 Å². The van der Waals surface area contributed by atoms with E-state index in [0.717, 1.165) is 0 Å². The summed E-state index contributed by atoms with van der Waals surface area (Å²) in [5, 5.41) is 76.5. The third kappa shape index (κ3) is 3.65. The predicted octanol–water partition coefficient (Wildman–Crippen LogP) is -5.40. The van der Waals surface area contributed by atoms with Crippen molar-refractivity contribution in [3.05, 3.63) is 0 Å². The molecule has 0 spiro atoms. The van der Waals surface area contributed by atoms with Crippen molar-refractivity contribution in [1.82, 2.24) is 0 Å². The van der Waals surface area contributed by atoms with Crippen molar-refractivity contribution in [2.45, 2.75) is 61.4 Å². The van der Waals surface area contributed by atoms with Gasteiger partial charge in [-0.1, -0.05) is 0 Å². The molecule has 8 N–H and O–H groups in total. The lowest BCUT2D eigenvalue weighted by atomic mass is 9.97. The Morgan fingerprint density at radius 2 is 1.26 bits per heavy atom. The fourth-order valence-corrected chi connectivity index (χ4v) is 2.57.